The molecule has 1 aromatic heterocycles. The zero-order valence-electron chi connectivity index (χ0n) is 18.7. The number of carboxylic acid groups (broad SMARTS) is 1. The number of hydrogen-bond acceptors (Lipinski definition) is 7. The third-order valence-corrected chi connectivity index (χ3v) is 4.57. The van der Waals surface area contributed by atoms with Gasteiger partial charge in [-0.25, -0.2) is 4.98 Å². The number of imidazole rings is 1. The number of nitrogens with one attached hydrogen (secondary N) is 4. The van der Waals surface area contributed by atoms with Gasteiger partial charge in [0.2, 0.25) is 17.7 Å². The van der Waals surface area contributed by atoms with Gasteiger partial charge in [-0.1, -0.05) is 13.8 Å². The topological polar surface area (TPSA) is 244 Å². The summed E-state index contributed by atoms with van der Waals surface area (Å²) in [4.78, 5) is 59.2. The molecule has 14 heteroatoms. The average molecular weight is 468 g/mol. The molecule has 184 valence electrons. The minimum atomic E-state index is -1.23. The Morgan fingerprint density at radius 3 is 2.39 bits per heavy atom. The fraction of sp³-hybridized carbons (Fsp3) is 0.579. The van der Waals surface area contributed by atoms with E-state index < -0.39 is 48.4 Å². The van der Waals surface area contributed by atoms with E-state index in [4.69, 9.17) is 22.3 Å². The first kappa shape index (κ1) is 27.4. The summed E-state index contributed by atoms with van der Waals surface area (Å²) < 4.78 is 0. The molecular weight excluding hydrogens is 434 g/mol. The molecule has 33 heavy (non-hydrogen) atoms. The molecule has 11 N–H and O–H groups in total. The molecule has 0 aliphatic heterocycles. The van der Waals surface area contributed by atoms with Crippen LogP contribution in [0, 0.1) is 5.92 Å². The van der Waals surface area contributed by atoms with Crippen molar-refractivity contribution in [2.75, 3.05) is 13.1 Å². The molecule has 3 amide bonds. The van der Waals surface area contributed by atoms with Crippen molar-refractivity contribution in [2.45, 2.75) is 51.2 Å². The number of nitrogens with zero attached hydrogens (tertiary/aromatic N) is 2. The van der Waals surface area contributed by atoms with Crippen LogP contribution in [0.3, 0.4) is 0 Å². The lowest BCUT2D eigenvalue weighted by molar-refractivity contribution is -0.138. The maximum atomic E-state index is 12.9. The van der Waals surface area contributed by atoms with Crippen LogP contribution in [-0.2, 0) is 25.6 Å². The molecular formula is C19H33N9O5. The lowest BCUT2D eigenvalue weighted by Crippen LogP contribution is -2.57. The standard InChI is InChI=1S/C19H33N9O5/c1-10(2)15(28-16(31)12(20)6-11-7-23-9-26-11)18(33)27-13(4-3-5-24-19(21)22)17(32)25-8-14(29)30/h7,9-10,12-13,15H,3-6,8,20H2,1-2H3,(H,23,26)(H,25,32)(H,27,33)(H,28,31)(H,29,30)(H4,21,22,24). The largest absolute Gasteiger partial charge is 0.480 e. The van der Waals surface area contributed by atoms with Crippen molar-refractivity contribution in [3.63, 3.8) is 0 Å². The third-order valence-electron chi connectivity index (χ3n) is 4.57. The Balaban J connectivity index is 2.82. The first-order chi connectivity index (χ1) is 15.5. The number of rotatable bonds is 14. The highest BCUT2D eigenvalue weighted by Crippen LogP contribution is 2.06. The highest BCUT2D eigenvalue weighted by molar-refractivity contribution is 5.93. The Morgan fingerprint density at radius 2 is 1.85 bits per heavy atom. The average Bonchev–Trinajstić information content (AvgIpc) is 3.24. The molecule has 0 aromatic carbocycles. The zero-order valence-corrected chi connectivity index (χ0v) is 18.7. The Morgan fingerprint density at radius 1 is 1.15 bits per heavy atom. The number of aromatic nitrogens is 2. The van der Waals surface area contributed by atoms with Gasteiger partial charge in [0, 0.05) is 24.9 Å². The Hall–Kier alpha value is -3.68. The summed E-state index contributed by atoms with van der Waals surface area (Å²) >= 11 is 0. The number of H-pyrrole nitrogens is 1. The van der Waals surface area contributed by atoms with Crippen LogP contribution in [0.4, 0.5) is 0 Å². The van der Waals surface area contributed by atoms with Gasteiger partial charge in [-0.15, -0.1) is 0 Å². The maximum Gasteiger partial charge on any atom is 0.322 e. The van der Waals surface area contributed by atoms with Crippen molar-refractivity contribution >= 4 is 29.7 Å². The van der Waals surface area contributed by atoms with Crippen LogP contribution in [0.2, 0.25) is 0 Å². The first-order valence-corrected chi connectivity index (χ1v) is 10.4. The second-order valence-corrected chi connectivity index (χ2v) is 7.74. The van der Waals surface area contributed by atoms with E-state index in [1.54, 1.807) is 20.0 Å². The van der Waals surface area contributed by atoms with E-state index in [1.165, 1.54) is 6.33 Å². The summed E-state index contributed by atoms with van der Waals surface area (Å²) in [7, 11) is 0. The molecule has 0 spiro atoms. The zero-order chi connectivity index (χ0) is 25.0. The number of aromatic amines is 1. The Kier molecular flexibility index (Phi) is 11.3. The van der Waals surface area contributed by atoms with Crippen molar-refractivity contribution in [3.8, 4) is 0 Å². The molecule has 1 rings (SSSR count). The number of aliphatic imine (C=N–C) groups is 1. The van der Waals surface area contributed by atoms with Crippen LogP contribution < -0.4 is 33.2 Å². The summed E-state index contributed by atoms with van der Waals surface area (Å²) in [6, 6.07) is -2.95. The number of aliphatic carboxylic acids is 1. The van der Waals surface area contributed by atoms with E-state index in [-0.39, 0.29) is 31.3 Å². The predicted molar refractivity (Wildman–Crippen MR) is 120 cm³/mol. The smallest absolute Gasteiger partial charge is 0.322 e. The van der Waals surface area contributed by atoms with Crippen molar-refractivity contribution < 1.29 is 24.3 Å². The van der Waals surface area contributed by atoms with Gasteiger partial charge >= 0.3 is 5.97 Å². The van der Waals surface area contributed by atoms with Crippen LogP contribution in [0.25, 0.3) is 0 Å². The number of nitrogens with two attached hydrogens (primary N) is 3. The fourth-order valence-electron chi connectivity index (χ4n) is 2.84. The van der Waals surface area contributed by atoms with Crippen LogP contribution in [-0.4, -0.2) is 75.9 Å². The Labute approximate surface area is 191 Å². The predicted octanol–water partition coefficient (Wildman–Crippen LogP) is -2.84. The number of carbonyl (C=O) groups is 4. The van der Waals surface area contributed by atoms with Gasteiger partial charge in [-0.05, 0) is 18.8 Å². The van der Waals surface area contributed by atoms with E-state index in [2.05, 4.69) is 30.9 Å². The lowest BCUT2D eigenvalue weighted by Gasteiger charge is -2.26. The summed E-state index contributed by atoms with van der Waals surface area (Å²) in [5.41, 5.74) is 17.2. The van der Waals surface area contributed by atoms with Gasteiger partial charge < -0.3 is 43.2 Å². The van der Waals surface area contributed by atoms with E-state index in [0.717, 1.165) is 0 Å². The van der Waals surface area contributed by atoms with Crippen molar-refractivity contribution in [1.82, 2.24) is 25.9 Å². The Bertz CT molecular complexity index is 822. The highest BCUT2D eigenvalue weighted by Gasteiger charge is 2.30. The van der Waals surface area contributed by atoms with Crippen LogP contribution in [0.1, 0.15) is 32.4 Å². The molecule has 0 fully saturated rings. The van der Waals surface area contributed by atoms with E-state index in [9.17, 15) is 19.2 Å². The lowest BCUT2D eigenvalue weighted by atomic mass is 10.0. The molecule has 1 heterocycles. The summed E-state index contributed by atoms with van der Waals surface area (Å²) in [6.07, 6.45) is 3.70. The van der Waals surface area contributed by atoms with E-state index in [1.807, 2.05) is 0 Å². The van der Waals surface area contributed by atoms with Gasteiger partial charge in [-0.2, -0.15) is 0 Å². The maximum absolute atomic E-state index is 12.9. The molecule has 1 aromatic rings. The van der Waals surface area contributed by atoms with Crippen LogP contribution >= 0.6 is 0 Å². The van der Waals surface area contributed by atoms with Crippen LogP contribution in [0.15, 0.2) is 17.5 Å². The first-order valence-electron chi connectivity index (χ1n) is 10.4. The second kappa shape index (κ2) is 13.7. The van der Waals surface area contributed by atoms with Gasteiger partial charge in [-0.3, -0.25) is 24.2 Å². The van der Waals surface area contributed by atoms with E-state index >= 15 is 0 Å². The molecule has 0 saturated carbocycles. The summed E-state index contributed by atoms with van der Waals surface area (Å²) in [5, 5.41) is 16.2. The number of hydrogen-bond donors (Lipinski definition) is 8. The van der Waals surface area contributed by atoms with Crippen LogP contribution in [0.5, 0.6) is 0 Å². The number of guanidine groups is 1. The monoisotopic (exact) mass is 467 g/mol. The fourth-order valence-corrected chi connectivity index (χ4v) is 2.84. The van der Waals surface area contributed by atoms with Gasteiger partial charge in [0.25, 0.3) is 0 Å². The number of carbonyl (C=O) groups excluding carboxylic acids is 3. The van der Waals surface area contributed by atoms with Crippen molar-refractivity contribution in [2.24, 2.45) is 28.1 Å². The molecule has 3 atom stereocenters. The van der Waals surface area contributed by atoms with Crippen molar-refractivity contribution in [1.29, 1.82) is 0 Å². The van der Waals surface area contributed by atoms with Crippen molar-refractivity contribution in [3.05, 3.63) is 18.2 Å². The quantitative estimate of drug-likeness (QED) is 0.0796. The number of amides is 3. The molecule has 0 radical (unpaired) electrons. The van der Waals surface area contributed by atoms with Gasteiger partial charge in [0.1, 0.15) is 18.6 Å². The molecule has 0 bridgehead atoms. The van der Waals surface area contributed by atoms with Gasteiger partial charge in [0.15, 0.2) is 5.96 Å². The number of carboxylic acids is 1. The molecule has 0 aliphatic carbocycles. The molecule has 0 saturated heterocycles. The SMILES string of the molecule is CC(C)C(NC(=O)C(N)Cc1cnc[nH]1)C(=O)NC(CCCN=C(N)N)C(=O)NCC(=O)O. The van der Waals surface area contributed by atoms with E-state index in [0.29, 0.717) is 12.1 Å². The second-order valence-electron chi connectivity index (χ2n) is 7.74. The molecule has 0 aliphatic rings. The third kappa shape index (κ3) is 10.5. The van der Waals surface area contributed by atoms with Gasteiger partial charge in [0.05, 0.1) is 12.4 Å². The minimum Gasteiger partial charge on any atom is -0.480 e. The molecule has 3 unspecified atom stereocenters. The highest BCUT2D eigenvalue weighted by atomic mass is 16.4. The molecule has 14 nitrogen and oxygen atoms in total. The summed E-state index contributed by atoms with van der Waals surface area (Å²) in [5.74, 6) is -3.49. The summed E-state index contributed by atoms with van der Waals surface area (Å²) in [6.45, 7) is 3.06. The minimum absolute atomic E-state index is 0.111. The normalized spacial score (nSPS) is 13.5.